The van der Waals surface area contributed by atoms with E-state index in [1.807, 2.05) is 34.6 Å². The lowest BCUT2D eigenvalue weighted by molar-refractivity contribution is -0.150. The molecule has 0 spiro atoms. The Hall–Kier alpha value is -1.10. The second kappa shape index (κ2) is 5.72. The minimum Gasteiger partial charge on any atom is -0.481 e. The first-order chi connectivity index (χ1) is 9.04. The van der Waals surface area contributed by atoms with Crippen LogP contribution in [0, 0.1) is 17.3 Å². The van der Waals surface area contributed by atoms with Gasteiger partial charge in [0.15, 0.2) is 0 Å². The predicted octanol–water partition coefficient (Wildman–Crippen LogP) is 1.63. The van der Waals surface area contributed by atoms with E-state index in [0.29, 0.717) is 12.8 Å². The van der Waals surface area contributed by atoms with Crippen molar-refractivity contribution in [3.8, 4) is 0 Å². The summed E-state index contributed by atoms with van der Waals surface area (Å²) in [5, 5.41) is 15.4. The minimum atomic E-state index is -0.734. The van der Waals surface area contributed by atoms with Crippen molar-refractivity contribution >= 4 is 11.9 Å². The van der Waals surface area contributed by atoms with Gasteiger partial charge in [-0.1, -0.05) is 20.8 Å². The van der Waals surface area contributed by atoms with E-state index in [1.165, 1.54) is 0 Å². The quantitative estimate of drug-likeness (QED) is 0.733. The van der Waals surface area contributed by atoms with Gasteiger partial charge in [0.25, 0.3) is 0 Å². The number of carbonyl (C=O) groups excluding carboxylic acids is 1. The van der Waals surface area contributed by atoms with Crippen LogP contribution in [0.2, 0.25) is 0 Å². The lowest BCUT2D eigenvalue weighted by Gasteiger charge is -2.46. The summed E-state index contributed by atoms with van der Waals surface area (Å²) in [6, 6.07) is 0.0284. The molecule has 1 saturated carbocycles. The maximum absolute atomic E-state index is 12.2. The number of aliphatic carboxylic acids is 1. The third-order valence-electron chi connectivity index (χ3n) is 5.25. The van der Waals surface area contributed by atoms with Gasteiger partial charge in [0.05, 0.1) is 11.5 Å². The summed E-state index contributed by atoms with van der Waals surface area (Å²) in [4.78, 5) is 23.6. The maximum atomic E-state index is 12.2. The Morgan fingerprint density at radius 1 is 1.25 bits per heavy atom. The molecule has 0 heterocycles. The van der Waals surface area contributed by atoms with E-state index in [2.05, 4.69) is 10.6 Å². The highest BCUT2D eigenvalue weighted by atomic mass is 16.4. The fraction of sp³-hybridized carbons (Fsp3) is 0.867. The summed E-state index contributed by atoms with van der Waals surface area (Å²) in [7, 11) is 1.76. The largest absolute Gasteiger partial charge is 0.481 e. The Morgan fingerprint density at radius 3 is 2.25 bits per heavy atom. The molecular formula is C15H28N2O3. The molecule has 0 aromatic rings. The zero-order valence-electron chi connectivity index (χ0n) is 13.4. The molecule has 1 aliphatic rings. The summed E-state index contributed by atoms with van der Waals surface area (Å²) in [6.45, 7) is 9.67. The van der Waals surface area contributed by atoms with Gasteiger partial charge < -0.3 is 15.7 Å². The van der Waals surface area contributed by atoms with Crippen molar-refractivity contribution < 1.29 is 14.7 Å². The molecule has 1 rings (SSSR count). The number of likely N-dealkylation sites (N-methyl/N-ethyl adjacent to an activating group) is 1. The Labute approximate surface area is 121 Å². The highest BCUT2D eigenvalue weighted by Crippen LogP contribution is 2.45. The van der Waals surface area contributed by atoms with E-state index in [4.69, 9.17) is 0 Å². The number of carbonyl (C=O) groups is 2. The molecule has 0 aromatic heterocycles. The molecule has 3 unspecified atom stereocenters. The lowest BCUT2D eigenvalue weighted by Crippen LogP contribution is -2.58. The molecule has 0 saturated heterocycles. The Morgan fingerprint density at radius 2 is 1.80 bits per heavy atom. The smallest absolute Gasteiger partial charge is 0.307 e. The van der Waals surface area contributed by atoms with Gasteiger partial charge in [0.1, 0.15) is 0 Å². The van der Waals surface area contributed by atoms with Crippen LogP contribution in [0.5, 0.6) is 0 Å². The molecule has 1 fully saturated rings. The average Bonchev–Trinajstić information content (AvgIpc) is 2.34. The summed E-state index contributed by atoms with van der Waals surface area (Å²) < 4.78 is 0. The number of nitrogens with one attached hydrogen (secondary N) is 2. The van der Waals surface area contributed by atoms with E-state index < -0.39 is 11.5 Å². The number of carboxylic acid groups (broad SMARTS) is 1. The molecule has 20 heavy (non-hydrogen) atoms. The number of carboxylic acids is 1. The molecule has 0 aromatic carbocycles. The van der Waals surface area contributed by atoms with Crippen molar-refractivity contribution in [2.75, 3.05) is 7.05 Å². The predicted molar refractivity (Wildman–Crippen MR) is 78.4 cm³/mol. The van der Waals surface area contributed by atoms with E-state index in [-0.39, 0.29) is 29.2 Å². The van der Waals surface area contributed by atoms with Crippen molar-refractivity contribution in [3.63, 3.8) is 0 Å². The van der Waals surface area contributed by atoms with Gasteiger partial charge in [-0.05, 0) is 45.1 Å². The van der Waals surface area contributed by atoms with Crippen LogP contribution < -0.4 is 10.6 Å². The van der Waals surface area contributed by atoms with Gasteiger partial charge in [-0.3, -0.25) is 9.59 Å². The van der Waals surface area contributed by atoms with Gasteiger partial charge in [0.2, 0.25) is 5.91 Å². The van der Waals surface area contributed by atoms with E-state index in [0.717, 1.165) is 0 Å². The zero-order valence-corrected chi connectivity index (χ0v) is 13.4. The summed E-state index contributed by atoms with van der Waals surface area (Å²) >= 11 is 0. The molecule has 0 bridgehead atoms. The van der Waals surface area contributed by atoms with Crippen LogP contribution in [0.4, 0.5) is 0 Å². The summed E-state index contributed by atoms with van der Waals surface area (Å²) in [6.07, 6.45) is 1.32. The third-order valence-corrected chi connectivity index (χ3v) is 5.25. The van der Waals surface area contributed by atoms with E-state index >= 15 is 0 Å². The second-order valence-electron chi connectivity index (χ2n) is 7.03. The van der Waals surface area contributed by atoms with Gasteiger partial charge in [-0.15, -0.1) is 0 Å². The zero-order chi connectivity index (χ0) is 15.7. The van der Waals surface area contributed by atoms with Crippen molar-refractivity contribution in [2.24, 2.45) is 17.3 Å². The molecule has 3 atom stereocenters. The van der Waals surface area contributed by atoms with Crippen molar-refractivity contribution in [2.45, 2.75) is 59.0 Å². The first-order valence-electron chi connectivity index (χ1n) is 7.26. The highest BCUT2D eigenvalue weighted by Gasteiger charge is 2.47. The highest BCUT2D eigenvalue weighted by molar-refractivity contribution is 5.85. The fourth-order valence-electron chi connectivity index (χ4n) is 2.91. The minimum absolute atomic E-state index is 0.0284. The van der Waals surface area contributed by atoms with Crippen LogP contribution in [-0.4, -0.2) is 35.6 Å². The summed E-state index contributed by atoms with van der Waals surface area (Å²) in [5.41, 5.74) is -0.945. The molecule has 1 amide bonds. The van der Waals surface area contributed by atoms with Crippen LogP contribution in [0.25, 0.3) is 0 Å². The first-order valence-corrected chi connectivity index (χ1v) is 7.26. The molecule has 5 heteroatoms. The average molecular weight is 284 g/mol. The number of hydrogen-bond acceptors (Lipinski definition) is 3. The van der Waals surface area contributed by atoms with E-state index in [1.54, 1.807) is 7.05 Å². The molecule has 1 aliphatic carbocycles. The topological polar surface area (TPSA) is 78.4 Å². The molecule has 116 valence electrons. The van der Waals surface area contributed by atoms with E-state index in [9.17, 15) is 14.7 Å². The summed E-state index contributed by atoms with van der Waals surface area (Å²) in [5.74, 6) is -1.000. The van der Waals surface area contributed by atoms with Gasteiger partial charge >= 0.3 is 5.97 Å². The first kappa shape index (κ1) is 17.0. The van der Waals surface area contributed by atoms with Gasteiger partial charge in [-0.25, -0.2) is 0 Å². The van der Waals surface area contributed by atoms with Crippen LogP contribution in [0.15, 0.2) is 0 Å². The van der Waals surface area contributed by atoms with Crippen molar-refractivity contribution in [1.82, 2.24) is 10.6 Å². The fourth-order valence-corrected chi connectivity index (χ4v) is 2.91. The van der Waals surface area contributed by atoms with Crippen LogP contribution >= 0.6 is 0 Å². The lowest BCUT2D eigenvalue weighted by atomic mass is 9.61. The molecule has 5 nitrogen and oxygen atoms in total. The molecular weight excluding hydrogens is 256 g/mol. The van der Waals surface area contributed by atoms with Crippen LogP contribution in [-0.2, 0) is 9.59 Å². The molecule has 3 N–H and O–H groups in total. The molecule has 0 aliphatic heterocycles. The second-order valence-corrected chi connectivity index (χ2v) is 7.03. The Bertz CT molecular complexity index is 391. The Kier molecular flexibility index (Phi) is 4.85. The third kappa shape index (κ3) is 3.14. The monoisotopic (exact) mass is 284 g/mol. The van der Waals surface area contributed by atoms with Gasteiger partial charge in [0, 0.05) is 6.04 Å². The van der Waals surface area contributed by atoms with Crippen LogP contribution in [0.1, 0.15) is 47.5 Å². The Balaban J connectivity index is 2.81. The van der Waals surface area contributed by atoms with Crippen molar-refractivity contribution in [1.29, 1.82) is 0 Å². The normalized spacial score (nSPS) is 29.8. The van der Waals surface area contributed by atoms with Crippen LogP contribution in [0.3, 0.4) is 0 Å². The molecule has 0 radical (unpaired) electrons. The number of rotatable bonds is 4. The number of amides is 1. The standard InChI is InChI=1S/C15H28N2O3/c1-9-11(17-13(20)15(4,5)16-6)8-7-10(12(18)19)14(9,2)3/h9-11,16H,7-8H2,1-6H3,(H,17,20)(H,18,19). The SMILES string of the molecule is CNC(C)(C)C(=O)NC1CCC(C(=O)O)C(C)(C)C1C. The maximum Gasteiger partial charge on any atom is 0.307 e. The van der Waals surface area contributed by atoms with Crippen molar-refractivity contribution in [3.05, 3.63) is 0 Å². The number of hydrogen-bond donors (Lipinski definition) is 3. The van der Waals surface area contributed by atoms with Gasteiger partial charge in [-0.2, -0.15) is 0 Å².